The number of benzene rings is 1. The number of nitrogens with zero attached hydrogens (tertiary/aromatic N) is 4. The minimum absolute atomic E-state index is 0.0851. The van der Waals surface area contributed by atoms with Crippen LogP contribution in [0.2, 0.25) is 5.15 Å². The van der Waals surface area contributed by atoms with E-state index in [1.54, 1.807) is 9.80 Å². The van der Waals surface area contributed by atoms with E-state index in [9.17, 15) is 14.4 Å². The zero-order valence-electron chi connectivity index (χ0n) is 20.4. The Morgan fingerprint density at radius 2 is 1.71 bits per heavy atom. The molecule has 1 fully saturated rings. The number of amides is 3. The highest BCUT2D eigenvalue weighted by Gasteiger charge is 2.32. The second-order valence-corrected chi connectivity index (χ2v) is 9.13. The highest BCUT2D eigenvalue weighted by Crippen LogP contribution is 2.18. The van der Waals surface area contributed by atoms with E-state index in [1.165, 1.54) is 6.07 Å². The summed E-state index contributed by atoms with van der Waals surface area (Å²) in [7, 11) is 0. The summed E-state index contributed by atoms with van der Waals surface area (Å²) < 4.78 is 5.26. The Bertz CT molecular complexity index is 1030. The topological polar surface area (TPSA) is 105 Å². The molecule has 10 heteroatoms. The van der Waals surface area contributed by atoms with Crippen LogP contribution in [0.25, 0.3) is 11.4 Å². The van der Waals surface area contributed by atoms with Gasteiger partial charge < -0.3 is 19.9 Å². The molecule has 2 heterocycles. The number of piperazine rings is 1. The number of carbonyl (C=O) groups excluding carboxylic acids is 3. The number of carbonyl (C=O) groups is 3. The monoisotopic (exact) mass is 501 g/mol. The summed E-state index contributed by atoms with van der Waals surface area (Å²) in [4.78, 5) is 50.3. The summed E-state index contributed by atoms with van der Waals surface area (Å²) in [5, 5.41) is 2.96. The van der Waals surface area contributed by atoms with Crippen LogP contribution in [-0.4, -0.2) is 76.5 Å². The normalized spacial score (nSPS) is 14.5. The van der Waals surface area contributed by atoms with Gasteiger partial charge in [0.05, 0.1) is 6.61 Å². The molecule has 1 N–H and O–H groups in total. The quantitative estimate of drug-likeness (QED) is 0.437. The van der Waals surface area contributed by atoms with E-state index in [0.717, 1.165) is 18.4 Å². The first kappa shape index (κ1) is 26.4. The maximum absolute atomic E-state index is 13.3. The van der Waals surface area contributed by atoms with Crippen LogP contribution in [0, 0.1) is 5.92 Å². The van der Waals surface area contributed by atoms with Crippen molar-refractivity contribution in [2.45, 2.75) is 39.7 Å². The number of aromatic nitrogens is 2. The number of halogens is 1. The molecule has 188 valence electrons. The Morgan fingerprint density at radius 3 is 2.34 bits per heavy atom. The van der Waals surface area contributed by atoms with Crippen molar-refractivity contribution < 1.29 is 19.1 Å². The standard InChI is InChI=1S/C25H32ClN5O4/c1-4-5-15-35-25(34)31-13-11-30(12-14-31)24(33)21(17(2)3)29-23(32)19-16-20(26)28-22(27-19)18-9-7-6-8-10-18/h6-10,16-17,21H,4-5,11-15H2,1-3H3,(H,29,32). The van der Waals surface area contributed by atoms with Crippen LogP contribution in [0.1, 0.15) is 44.1 Å². The Kier molecular flexibility index (Phi) is 9.42. The number of hydrogen-bond acceptors (Lipinski definition) is 6. The summed E-state index contributed by atoms with van der Waals surface area (Å²) in [6.45, 7) is 7.68. The molecular formula is C25H32ClN5O4. The predicted molar refractivity (Wildman–Crippen MR) is 133 cm³/mol. The van der Waals surface area contributed by atoms with Crippen LogP contribution in [-0.2, 0) is 9.53 Å². The van der Waals surface area contributed by atoms with Crippen molar-refractivity contribution in [3.63, 3.8) is 0 Å². The third-order valence-corrected chi connectivity index (χ3v) is 5.95. The summed E-state index contributed by atoms with van der Waals surface area (Å²) >= 11 is 6.16. The first-order valence-electron chi connectivity index (χ1n) is 11.9. The molecule has 1 aromatic carbocycles. The largest absolute Gasteiger partial charge is 0.449 e. The average Bonchev–Trinajstić information content (AvgIpc) is 2.87. The molecule has 2 aromatic rings. The lowest BCUT2D eigenvalue weighted by molar-refractivity contribution is -0.135. The second kappa shape index (κ2) is 12.5. The number of nitrogens with one attached hydrogen (secondary N) is 1. The van der Waals surface area contributed by atoms with Gasteiger partial charge in [-0.05, 0) is 12.3 Å². The van der Waals surface area contributed by atoms with Crippen molar-refractivity contribution in [2.75, 3.05) is 32.8 Å². The van der Waals surface area contributed by atoms with E-state index >= 15 is 0 Å². The van der Waals surface area contributed by atoms with E-state index in [0.29, 0.717) is 38.6 Å². The van der Waals surface area contributed by atoms with Gasteiger partial charge in [0.1, 0.15) is 16.9 Å². The molecule has 1 atom stereocenters. The van der Waals surface area contributed by atoms with Crippen LogP contribution in [0.5, 0.6) is 0 Å². The predicted octanol–water partition coefficient (Wildman–Crippen LogP) is 3.63. The van der Waals surface area contributed by atoms with Crippen LogP contribution < -0.4 is 5.32 Å². The highest BCUT2D eigenvalue weighted by atomic mass is 35.5. The van der Waals surface area contributed by atoms with Crippen LogP contribution in [0.3, 0.4) is 0 Å². The molecule has 35 heavy (non-hydrogen) atoms. The van der Waals surface area contributed by atoms with E-state index in [4.69, 9.17) is 16.3 Å². The van der Waals surface area contributed by atoms with Gasteiger partial charge >= 0.3 is 6.09 Å². The van der Waals surface area contributed by atoms with Gasteiger partial charge in [-0.15, -0.1) is 0 Å². The SMILES string of the molecule is CCCCOC(=O)N1CCN(C(=O)C(NC(=O)c2cc(Cl)nc(-c3ccccc3)n2)C(C)C)CC1. The van der Waals surface area contributed by atoms with Crippen molar-refractivity contribution in [2.24, 2.45) is 5.92 Å². The molecule has 1 aromatic heterocycles. The second-order valence-electron chi connectivity index (χ2n) is 8.74. The molecule has 9 nitrogen and oxygen atoms in total. The average molecular weight is 502 g/mol. The fourth-order valence-corrected chi connectivity index (χ4v) is 3.86. The molecule has 0 saturated carbocycles. The zero-order valence-corrected chi connectivity index (χ0v) is 21.1. The minimum atomic E-state index is -0.750. The fourth-order valence-electron chi connectivity index (χ4n) is 3.68. The van der Waals surface area contributed by atoms with Gasteiger partial charge in [0.25, 0.3) is 5.91 Å². The summed E-state index contributed by atoms with van der Waals surface area (Å²) in [5.74, 6) is -0.528. The van der Waals surface area contributed by atoms with Gasteiger partial charge in [-0.3, -0.25) is 9.59 Å². The molecule has 1 saturated heterocycles. The number of hydrogen-bond donors (Lipinski definition) is 1. The zero-order chi connectivity index (χ0) is 25.4. The Labute approximate surface area is 210 Å². The molecule has 0 aliphatic carbocycles. The molecule has 0 bridgehead atoms. The lowest BCUT2D eigenvalue weighted by atomic mass is 10.0. The first-order valence-corrected chi connectivity index (χ1v) is 12.3. The third-order valence-electron chi connectivity index (χ3n) is 5.75. The molecule has 3 rings (SSSR count). The molecule has 1 unspecified atom stereocenters. The van der Waals surface area contributed by atoms with Crippen molar-refractivity contribution in [1.29, 1.82) is 0 Å². The smallest absolute Gasteiger partial charge is 0.409 e. The van der Waals surface area contributed by atoms with E-state index in [-0.39, 0.29) is 28.8 Å². The molecule has 1 aliphatic rings. The van der Waals surface area contributed by atoms with Gasteiger partial charge in [0, 0.05) is 37.8 Å². The Morgan fingerprint density at radius 1 is 1.06 bits per heavy atom. The highest BCUT2D eigenvalue weighted by molar-refractivity contribution is 6.29. The molecule has 0 spiro atoms. The van der Waals surface area contributed by atoms with Crippen molar-refractivity contribution >= 4 is 29.5 Å². The van der Waals surface area contributed by atoms with Gasteiger partial charge in [0.2, 0.25) is 5.91 Å². The number of ether oxygens (including phenoxy) is 1. The molecule has 0 radical (unpaired) electrons. The van der Waals surface area contributed by atoms with E-state index in [1.807, 2.05) is 51.1 Å². The summed E-state index contributed by atoms with van der Waals surface area (Å²) in [6, 6.07) is 9.85. The van der Waals surface area contributed by atoms with Crippen molar-refractivity contribution in [3.8, 4) is 11.4 Å². The first-order chi connectivity index (χ1) is 16.8. The van der Waals surface area contributed by atoms with Gasteiger partial charge in [-0.1, -0.05) is 69.1 Å². The third kappa shape index (κ3) is 7.14. The van der Waals surface area contributed by atoms with Crippen molar-refractivity contribution in [3.05, 3.63) is 47.2 Å². The lowest BCUT2D eigenvalue weighted by Crippen LogP contribution is -2.57. The lowest BCUT2D eigenvalue weighted by Gasteiger charge is -2.36. The molecular weight excluding hydrogens is 470 g/mol. The van der Waals surface area contributed by atoms with E-state index < -0.39 is 11.9 Å². The van der Waals surface area contributed by atoms with Crippen LogP contribution >= 0.6 is 11.6 Å². The summed E-state index contributed by atoms with van der Waals surface area (Å²) in [5.41, 5.74) is 0.813. The summed E-state index contributed by atoms with van der Waals surface area (Å²) in [6.07, 6.45) is 1.42. The molecule has 1 aliphatic heterocycles. The fraction of sp³-hybridized carbons (Fsp3) is 0.480. The van der Waals surface area contributed by atoms with Gasteiger partial charge in [-0.2, -0.15) is 0 Å². The molecule has 3 amide bonds. The minimum Gasteiger partial charge on any atom is -0.449 e. The maximum Gasteiger partial charge on any atom is 0.409 e. The van der Waals surface area contributed by atoms with E-state index in [2.05, 4.69) is 15.3 Å². The number of unbranched alkanes of at least 4 members (excludes halogenated alkanes) is 1. The van der Waals surface area contributed by atoms with Crippen LogP contribution in [0.4, 0.5) is 4.79 Å². The van der Waals surface area contributed by atoms with Crippen molar-refractivity contribution in [1.82, 2.24) is 25.1 Å². The van der Waals surface area contributed by atoms with Gasteiger partial charge in [-0.25, -0.2) is 14.8 Å². The number of rotatable bonds is 8. The van der Waals surface area contributed by atoms with Crippen LogP contribution in [0.15, 0.2) is 36.4 Å². The Hall–Kier alpha value is -3.20. The maximum atomic E-state index is 13.3. The van der Waals surface area contributed by atoms with Gasteiger partial charge in [0.15, 0.2) is 5.82 Å². The Balaban J connectivity index is 1.64.